The van der Waals surface area contributed by atoms with Crippen LogP contribution in [0.25, 0.3) is 0 Å². The first-order valence-corrected chi connectivity index (χ1v) is 11.9. The zero-order valence-electron chi connectivity index (χ0n) is 18.9. The molecule has 4 nitrogen and oxygen atoms in total. The van der Waals surface area contributed by atoms with Gasteiger partial charge in [-0.05, 0) is 12.8 Å². The molecule has 1 unspecified atom stereocenters. The molecule has 0 saturated heterocycles. The highest BCUT2D eigenvalue weighted by Gasteiger charge is 2.13. The molecule has 0 spiro atoms. The summed E-state index contributed by atoms with van der Waals surface area (Å²) in [5.41, 5.74) is 0. The topological polar surface area (TPSA) is 52.6 Å². The van der Waals surface area contributed by atoms with E-state index in [4.69, 9.17) is 9.47 Å². The molecule has 0 heterocycles. The molecular formula is C24H46O4. The lowest BCUT2D eigenvalue weighted by molar-refractivity contribution is -0.156. The Morgan fingerprint density at radius 1 is 0.607 bits per heavy atom. The lowest BCUT2D eigenvalue weighted by atomic mass is 10.0. The smallest absolute Gasteiger partial charge is 0.303 e. The van der Waals surface area contributed by atoms with Crippen LogP contribution in [0.1, 0.15) is 130 Å². The second-order valence-corrected chi connectivity index (χ2v) is 8.13. The van der Waals surface area contributed by atoms with Gasteiger partial charge < -0.3 is 9.47 Å². The van der Waals surface area contributed by atoms with E-state index in [1.807, 2.05) is 0 Å². The van der Waals surface area contributed by atoms with Gasteiger partial charge in [0.25, 0.3) is 0 Å². The molecule has 0 aromatic rings. The molecule has 0 radical (unpaired) electrons. The van der Waals surface area contributed by atoms with Gasteiger partial charge in [-0.15, -0.1) is 0 Å². The highest BCUT2D eigenvalue weighted by Crippen LogP contribution is 2.15. The summed E-state index contributed by atoms with van der Waals surface area (Å²) in [6.45, 7) is 5.22. The van der Waals surface area contributed by atoms with Crippen LogP contribution in [0.15, 0.2) is 0 Å². The number of hydrogen-bond acceptors (Lipinski definition) is 4. The predicted octanol–water partition coefficient (Wildman–Crippen LogP) is 7.13. The fourth-order valence-corrected chi connectivity index (χ4v) is 3.54. The van der Waals surface area contributed by atoms with E-state index in [0.717, 1.165) is 19.3 Å². The third kappa shape index (κ3) is 21.2. The van der Waals surface area contributed by atoms with E-state index in [-0.39, 0.29) is 24.6 Å². The maximum atomic E-state index is 11.1. The van der Waals surface area contributed by atoms with Gasteiger partial charge in [0.05, 0.1) is 0 Å². The molecular weight excluding hydrogens is 352 g/mol. The molecule has 0 bridgehead atoms. The molecule has 0 aromatic carbocycles. The van der Waals surface area contributed by atoms with Crippen LogP contribution in [0.3, 0.4) is 0 Å². The molecule has 4 heteroatoms. The number of esters is 2. The van der Waals surface area contributed by atoms with Gasteiger partial charge >= 0.3 is 11.9 Å². The molecule has 166 valence electrons. The lowest BCUT2D eigenvalue weighted by Gasteiger charge is -2.16. The van der Waals surface area contributed by atoms with Crippen LogP contribution in [0, 0.1) is 0 Å². The van der Waals surface area contributed by atoms with Crippen molar-refractivity contribution < 1.29 is 19.1 Å². The molecule has 1 atom stereocenters. The largest absolute Gasteiger partial charge is 0.462 e. The lowest BCUT2D eigenvalue weighted by Crippen LogP contribution is -2.23. The second-order valence-electron chi connectivity index (χ2n) is 8.13. The molecule has 0 fully saturated rings. The third-order valence-corrected chi connectivity index (χ3v) is 5.18. The van der Waals surface area contributed by atoms with Gasteiger partial charge in [0, 0.05) is 13.8 Å². The summed E-state index contributed by atoms with van der Waals surface area (Å²) in [5.74, 6) is -0.641. The summed E-state index contributed by atoms with van der Waals surface area (Å²) in [6.07, 6.45) is 21.9. The van der Waals surface area contributed by atoms with Crippen molar-refractivity contribution in [2.45, 2.75) is 136 Å². The van der Waals surface area contributed by atoms with E-state index in [2.05, 4.69) is 6.92 Å². The summed E-state index contributed by atoms with van der Waals surface area (Å²) in [7, 11) is 0. The van der Waals surface area contributed by atoms with Crippen LogP contribution < -0.4 is 0 Å². The molecule has 0 N–H and O–H groups in total. The van der Waals surface area contributed by atoms with Gasteiger partial charge in [0.15, 0.2) is 0 Å². The molecule has 0 rings (SSSR count). The van der Waals surface area contributed by atoms with Crippen LogP contribution >= 0.6 is 0 Å². The average molecular weight is 399 g/mol. The van der Waals surface area contributed by atoms with Crippen LogP contribution in [0.5, 0.6) is 0 Å². The minimum absolute atomic E-state index is 0.174. The van der Waals surface area contributed by atoms with Crippen molar-refractivity contribution in [3.8, 4) is 0 Å². The Kier molecular flexibility index (Phi) is 19.9. The van der Waals surface area contributed by atoms with Crippen LogP contribution in [0.2, 0.25) is 0 Å². The minimum Gasteiger partial charge on any atom is -0.462 e. The molecule has 0 aliphatic rings. The fourth-order valence-electron chi connectivity index (χ4n) is 3.54. The van der Waals surface area contributed by atoms with Crippen LogP contribution in [-0.2, 0) is 19.1 Å². The number of carbonyl (C=O) groups excluding carboxylic acids is 2. The highest BCUT2D eigenvalue weighted by molar-refractivity contribution is 5.67. The van der Waals surface area contributed by atoms with Crippen molar-refractivity contribution in [2.75, 3.05) is 6.61 Å². The van der Waals surface area contributed by atoms with Gasteiger partial charge in [-0.25, -0.2) is 0 Å². The van der Waals surface area contributed by atoms with Crippen molar-refractivity contribution in [1.29, 1.82) is 0 Å². The zero-order chi connectivity index (χ0) is 20.9. The van der Waals surface area contributed by atoms with Crippen LogP contribution in [0.4, 0.5) is 0 Å². The van der Waals surface area contributed by atoms with Crippen molar-refractivity contribution in [1.82, 2.24) is 0 Å². The van der Waals surface area contributed by atoms with Crippen molar-refractivity contribution in [3.05, 3.63) is 0 Å². The Hall–Kier alpha value is -1.06. The van der Waals surface area contributed by atoms with Crippen molar-refractivity contribution in [3.63, 3.8) is 0 Å². The molecule has 28 heavy (non-hydrogen) atoms. The first kappa shape index (κ1) is 26.9. The molecule has 0 aromatic heterocycles. The predicted molar refractivity (Wildman–Crippen MR) is 116 cm³/mol. The van der Waals surface area contributed by atoms with Crippen molar-refractivity contribution >= 4 is 11.9 Å². The summed E-state index contributed by atoms with van der Waals surface area (Å²) in [6, 6.07) is 0. The molecule has 0 amide bonds. The number of rotatable bonds is 20. The quantitative estimate of drug-likeness (QED) is 0.162. The summed E-state index contributed by atoms with van der Waals surface area (Å²) in [4.78, 5) is 22.0. The third-order valence-electron chi connectivity index (χ3n) is 5.18. The minimum atomic E-state index is -0.330. The van der Waals surface area contributed by atoms with E-state index >= 15 is 0 Å². The van der Waals surface area contributed by atoms with Gasteiger partial charge in [-0.1, -0.05) is 103 Å². The van der Waals surface area contributed by atoms with Gasteiger partial charge in [-0.2, -0.15) is 0 Å². The Bertz CT molecular complexity index is 368. The Balaban J connectivity index is 3.37. The first-order chi connectivity index (χ1) is 13.6. The normalized spacial score (nSPS) is 12.0. The fraction of sp³-hybridized carbons (Fsp3) is 0.917. The van der Waals surface area contributed by atoms with Crippen LogP contribution in [-0.4, -0.2) is 24.6 Å². The van der Waals surface area contributed by atoms with Gasteiger partial charge in [0.1, 0.15) is 12.7 Å². The van der Waals surface area contributed by atoms with Crippen molar-refractivity contribution in [2.24, 2.45) is 0 Å². The monoisotopic (exact) mass is 398 g/mol. The SMILES string of the molecule is CCCCCCCCCCCCCCCCCCC(COC(C)=O)OC(C)=O. The molecule has 0 aliphatic carbocycles. The Morgan fingerprint density at radius 3 is 1.36 bits per heavy atom. The van der Waals surface area contributed by atoms with E-state index in [1.165, 1.54) is 104 Å². The first-order valence-electron chi connectivity index (χ1n) is 11.9. The standard InChI is InChI=1S/C24H46O4/c1-4-5-6-7-8-9-10-11-12-13-14-15-16-17-18-19-20-24(28-23(3)26)21-27-22(2)25/h24H,4-21H2,1-3H3. The number of ether oxygens (including phenoxy) is 2. The second kappa shape index (κ2) is 20.7. The van der Waals surface area contributed by atoms with E-state index in [0.29, 0.717) is 0 Å². The van der Waals surface area contributed by atoms with Gasteiger partial charge in [-0.3, -0.25) is 9.59 Å². The zero-order valence-corrected chi connectivity index (χ0v) is 18.9. The Morgan fingerprint density at radius 2 is 1.00 bits per heavy atom. The maximum Gasteiger partial charge on any atom is 0.303 e. The molecule has 0 saturated carbocycles. The average Bonchev–Trinajstić information content (AvgIpc) is 2.65. The Labute approximate surface area is 174 Å². The van der Waals surface area contributed by atoms with E-state index in [1.54, 1.807) is 0 Å². The number of unbranched alkanes of at least 4 members (excludes halogenated alkanes) is 15. The van der Waals surface area contributed by atoms with Gasteiger partial charge in [0.2, 0.25) is 0 Å². The summed E-state index contributed by atoms with van der Waals surface area (Å²) >= 11 is 0. The van der Waals surface area contributed by atoms with E-state index < -0.39 is 0 Å². The maximum absolute atomic E-state index is 11.1. The van der Waals surface area contributed by atoms with E-state index in [9.17, 15) is 9.59 Å². The summed E-state index contributed by atoms with van der Waals surface area (Å²) in [5, 5.41) is 0. The summed E-state index contributed by atoms with van der Waals surface area (Å²) < 4.78 is 10.2. The highest BCUT2D eigenvalue weighted by atomic mass is 16.6. The number of hydrogen-bond donors (Lipinski definition) is 0. The molecule has 0 aliphatic heterocycles. The number of carbonyl (C=O) groups is 2.